The van der Waals surface area contributed by atoms with Crippen LogP contribution in [0.25, 0.3) is 0 Å². The highest BCUT2D eigenvalue weighted by molar-refractivity contribution is 7.92. The Hall–Kier alpha value is -2.44. The van der Waals surface area contributed by atoms with E-state index in [-0.39, 0.29) is 14.9 Å². The number of thiophene rings is 1. The first-order chi connectivity index (χ1) is 10.7. The van der Waals surface area contributed by atoms with Crippen molar-refractivity contribution in [2.75, 3.05) is 18.2 Å². The average molecular weight is 351 g/mol. The molecule has 1 aromatic heterocycles. The molecule has 7 nitrogen and oxygen atoms in total. The summed E-state index contributed by atoms with van der Waals surface area (Å²) in [7, 11) is -1.87. The molecule has 0 saturated heterocycles. The van der Waals surface area contributed by atoms with E-state index in [1.54, 1.807) is 36.2 Å². The molecule has 0 aliphatic heterocycles. The van der Waals surface area contributed by atoms with Crippen LogP contribution in [0.2, 0.25) is 0 Å². The molecule has 2 rings (SSSR count). The highest BCUT2D eigenvalue weighted by Crippen LogP contribution is 2.39. The van der Waals surface area contributed by atoms with Crippen molar-refractivity contribution in [1.29, 1.82) is 5.26 Å². The van der Waals surface area contributed by atoms with Gasteiger partial charge < -0.3 is 4.90 Å². The maximum atomic E-state index is 11.6. The third-order valence-corrected chi connectivity index (χ3v) is 6.10. The Kier molecular flexibility index (Phi) is 4.68. The summed E-state index contributed by atoms with van der Waals surface area (Å²) in [6.45, 7) is 0.320. The molecule has 0 aliphatic carbocycles. The van der Waals surface area contributed by atoms with Gasteiger partial charge >= 0.3 is 5.69 Å². The van der Waals surface area contributed by atoms with E-state index in [0.29, 0.717) is 12.1 Å². The highest BCUT2D eigenvalue weighted by atomic mass is 32.2. The van der Waals surface area contributed by atoms with E-state index < -0.39 is 14.8 Å². The van der Waals surface area contributed by atoms with Crippen LogP contribution in [0.5, 0.6) is 0 Å². The summed E-state index contributed by atoms with van der Waals surface area (Å²) in [4.78, 5) is 12.2. The summed E-state index contributed by atoms with van der Waals surface area (Å²) in [5.74, 6) is 0. The Bertz CT molecular complexity index is 897. The molecule has 0 saturated carbocycles. The molecule has 0 spiro atoms. The van der Waals surface area contributed by atoms with E-state index in [1.807, 2.05) is 6.07 Å². The van der Waals surface area contributed by atoms with E-state index in [1.165, 1.54) is 0 Å². The number of nitro groups is 1. The molecule has 0 radical (unpaired) electrons. The summed E-state index contributed by atoms with van der Waals surface area (Å²) in [5, 5.41) is 20.3. The van der Waals surface area contributed by atoms with Gasteiger partial charge in [-0.1, -0.05) is 23.5 Å². The fourth-order valence-electron chi connectivity index (χ4n) is 2.02. The van der Waals surface area contributed by atoms with Gasteiger partial charge in [-0.15, -0.1) is 0 Å². The van der Waals surface area contributed by atoms with E-state index in [0.717, 1.165) is 29.2 Å². The SMILES string of the molecule is CN(Cc1cccc(C#N)c1)c1sc(S(C)(=O)=O)cc1[N+](=O)[O-]. The maximum Gasteiger partial charge on any atom is 0.305 e. The molecule has 0 atom stereocenters. The minimum atomic E-state index is -3.51. The lowest BCUT2D eigenvalue weighted by atomic mass is 10.1. The van der Waals surface area contributed by atoms with E-state index in [2.05, 4.69) is 0 Å². The van der Waals surface area contributed by atoms with Gasteiger partial charge in [-0.2, -0.15) is 5.26 Å². The molecular formula is C14H13N3O4S2. The molecule has 2 aromatic rings. The molecular weight excluding hydrogens is 338 g/mol. The summed E-state index contributed by atoms with van der Waals surface area (Å²) in [5.41, 5.74) is 1.05. The number of nitrogens with zero attached hydrogens (tertiary/aromatic N) is 3. The van der Waals surface area contributed by atoms with Gasteiger partial charge in [0.15, 0.2) is 14.8 Å². The summed E-state index contributed by atoms with van der Waals surface area (Å²) in [6.07, 6.45) is 1.02. The zero-order valence-electron chi connectivity index (χ0n) is 12.4. The summed E-state index contributed by atoms with van der Waals surface area (Å²) >= 11 is 0.863. The number of hydrogen-bond donors (Lipinski definition) is 0. The van der Waals surface area contributed by atoms with Gasteiger partial charge in [-0.05, 0) is 17.7 Å². The van der Waals surface area contributed by atoms with E-state index in [9.17, 15) is 18.5 Å². The number of nitriles is 1. The summed E-state index contributed by atoms with van der Waals surface area (Å²) < 4.78 is 23.2. The standard InChI is InChI=1S/C14H13N3O4S2/c1-16(9-11-5-3-4-10(6-11)8-15)14-12(17(18)19)7-13(22-14)23(2,20)21/h3-7H,9H2,1-2H3. The monoisotopic (exact) mass is 351 g/mol. The lowest BCUT2D eigenvalue weighted by Crippen LogP contribution is -2.16. The van der Waals surface area contributed by atoms with Crippen molar-refractivity contribution in [2.45, 2.75) is 10.8 Å². The Morgan fingerprint density at radius 3 is 2.65 bits per heavy atom. The first-order valence-electron chi connectivity index (χ1n) is 6.41. The molecule has 0 unspecified atom stereocenters. The highest BCUT2D eigenvalue weighted by Gasteiger charge is 2.26. The van der Waals surface area contributed by atoms with Crippen molar-refractivity contribution >= 4 is 31.9 Å². The Labute approximate surface area is 137 Å². The normalized spacial score (nSPS) is 11.0. The molecule has 0 fully saturated rings. The maximum absolute atomic E-state index is 11.6. The van der Waals surface area contributed by atoms with E-state index in [4.69, 9.17) is 5.26 Å². The van der Waals surface area contributed by atoms with Crippen LogP contribution in [0.15, 0.2) is 34.5 Å². The Balaban J connectivity index is 2.38. The minimum Gasteiger partial charge on any atom is -0.357 e. The molecule has 9 heteroatoms. The minimum absolute atomic E-state index is 0.0446. The van der Waals surface area contributed by atoms with Crippen LogP contribution in [0.3, 0.4) is 0 Å². The van der Waals surface area contributed by atoms with Gasteiger partial charge in [0.1, 0.15) is 4.21 Å². The van der Waals surface area contributed by atoms with Crippen molar-refractivity contribution in [2.24, 2.45) is 0 Å². The van der Waals surface area contributed by atoms with Crippen LogP contribution < -0.4 is 4.90 Å². The zero-order chi connectivity index (χ0) is 17.2. The van der Waals surface area contributed by atoms with Gasteiger partial charge in [0.25, 0.3) is 0 Å². The first-order valence-corrected chi connectivity index (χ1v) is 9.11. The smallest absolute Gasteiger partial charge is 0.305 e. The number of rotatable bonds is 5. The number of anilines is 1. The number of benzene rings is 1. The van der Waals surface area contributed by atoms with Gasteiger partial charge in [-0.3, -0.25) is 10.1 Å². The first kappa shape index (κ1) is 16.9. The van der Waals surface area contributed by atoms with Crippen molar-refractivity contribution in [3.8, 4) is 6.07 Å². The molecule has 0 aliphatic rings. The third-order valence-electron chi connectivity index (χ3n) is 3.06. The van der Waals surface area contributed by atoms with Gasteiger partial charge in [0, 0.05) is 25.9 Å². The predicted molar refractivity (Wildman–Crippen MR) is 87.3 cm³/mol. The quantitative estimate of drug-likeness (QED) is 0.605. The van der Waals surface area contributed by atoms with Crippen molar-refractivity contribution in [1.82, 2.24) is 0 Å². The van der Waals surface area contributed by atoms with Crippen LogP contribution in [0, 0.1) is 21.4 Å². The predicted octanol–water partition coefficient (Wildman–Crippen LogP) is 2.57. The number of sulfone groups is 1. The second kappa shape index (κ2) is 6.36. The molecule has 0 bridgehead atoms. The summed E-state index contributed by atoms with van der Waals surface area (Å²) in [6, 6.07) is 9.99. The molecule has 120 valence electrons. The van der Waals surface area contributed by atoms with Gasteiger partial charge in [0.05, 0.1) is 16.6 Å². The number of hydrogen-bond acceptors (Lipinski definition) is 7. The molecule has 23 heavy (non-hydrogen) atoms. The Morgan fingerprint density at radius 2 is 2.09 bits per heavy atom. The topological polar surface area (TPSA) is 104 Å². The van der Waals surface area contributed by atoms with Crippen molar-refractivity contribution in [3.63, 3.8) is 0 Å². The lowest BCUT2D eigenvalue weighted by molar-refractivity contribution is -0.383. The third kappa shape index (κ3) is 3.85. The fraction of sp³-hybridized carbons (Fsp3) is 0.214. The van der Waals surface area contributed by atoms with E-state index >= 15 is 0 Å². The molecule has 1 aromatic carbocycles. The molecule has 0 N–H and O–H groups in total. The second-order valence-electron chi connectivity index (χ2n) is 4.95. The zero-order valence-corrected chi connectivity index (χ0v) is 14.0. The molecule has 1 heterocycles. The largest absolute Gasteiger partial charge is 0.357 e. The van der Waals surface area contributed by atoms with Crippen LogP contribution in [0.1, 0.15) is 11.1 Å². The van der Waals surface area contributed by atoms with Crippen molar-refractivity contribution in [3.05, 3.63) is 51.6 Å². The van der Waals surface area contributed by atoms with Gasteiger partial charge in [0.2, 0.25) is 0 Å². The second-order valence-corrected chi connectivity index (χ2v) is 8.23. The fourth-order valence-corrected chi connectivity index (χ4v) is 4.01. The Morgan fingerprint density at radius 1 is 1.39 bits per heavy atom. The average Bonchev–Trinajstić information content (AvgIpc) is 2.93. The van der Waals surface area contributed by atoms with Crippen LogP contribution in [-0.2, 0) is 16.4 Å². The van der Waals surface area contributed by atoms with Gasteiger partial charge in [-0.25, -0.2) is 8.42 Å². The van der Waals surface area contributed by atoms with Crippen molar-refractivity contribution < 1.29 is 13.3 Å². The van der Waals surface area contributed by atoms with Crippen LogP contribution >= 0.6 is 11.3 Å². The van der Waals surface area contributed by atoms with Crippen LogP contribution in [0.4, 0.5) is 10.7 Å². The molecule has 0 amide bonds. The lowest BCUT2D eigenvalue weighted by Gasteiger charge is -2.16. The van der Waals surface area contributed by atoms with Crippen LogP contribution in [-0.4, -0.2) is 26.6 Å².